The van der Waals surface area contributed by atoms with E-state index in [0.29, 0.717) is 0 Å². The van der Waals surface area contributed by atoms with Crippen LogP contribution in [0.15, 0.2) is 0 Å². The number of rotatable bonds is 4. The molecule has 3 nitrogen and oxygen atoms in total. The van der Waals surface area contributed by atoms with Crippen LogP contribution in [0.3, 0.4) is 0 Å². The van der Waals surface area contributed by atoms with Crippen molar-refractivity contribution in [2.75, 3.05) is 26.7 Å². The molecule has 1 fully saturated rings. The molecule has 0 N–H and O–H groups in total. The highest BCUT2D eigenvalue weighted by Gasteiger charge is 2.25. The number of nitrogens with zero attached hydrogens (tertiary/aromatic N) is 1. The Morgan fingerprint density at radius 2 is 2.07 bits per heavy atom. The van der Waals surface area contributed by atoms with E-state index in [2.05, 4.69) is 18.7 Å². The van der Waals surface area contributed by atoms with Crippen LogP contribution in [0.4, 0.5) is 0 Å². The van der Waals surface area contributed by atoms with E-state index in [9.17, 15) is 4.79 Å². The molecule has 0 aromatic rings. The van der Waals surface area contributed by atoms with Crippen molar-refractivity contribution < 1.29 is 9.53 Å². The van der Waals surface area contributed by atoms with Gasteiger partial charge in [-0.3, -0.25) is 4.79 Å². The van der Waals surface area contributed by atoms with E-state index in [-0.39, 0.29) is 11.9 Å². The average molecular weight is 213 g/mol. The highest BCUT2D eigenvalue weighted by molar-refractivity contribution is 5.72. The standard InChI is InChI=1S/C12H23NO2/c1-4-10(2)9-13-7-5-11(6-8-13)12(14)15-3/h10-11H,4-9H2,1-3H3. The first kappa shape index (κ1) is 12.5. The second-order valence-electron chi connectivity index (χ2n) is 4.61. The lowest BCUT2D eigenvalue weighted by molar-refractivity contribution is -0.147. The number of piperidine rings is 1. The minimum Gasteiger partial charge on any atom is -0.469 e. The summed E-state index contributed by atoms with van der Waals surface area (Å²) in [4.78, 5) is 13.8. The first-order valence-electron chi connectivity index (χ1n) is 5.97. The maximum absolute atomic E-state index is 11.3. The van der Waals surface area contributed by atoms with Gasteiger partial charge in [-0.25, -0.2) is 0 Å². The molecule has 1 rings (SSSR count). The molecule has 1 atom stereocenters. The monoisotopic (exact) mass is 213 g/mol. The summed E-state index contributed by atoms with van der Waals surface area (Å²) in [6.07, 6.45) is 3.16. The predicted octanol–water partition coefficient (Wildman–Crippen LogP) is 1.92. The Labute approximate surface area is 92.8 Å². The molecule has 88 valence electrons. The van der Waals surface area contributed by atoms with Gasteiger partial charge in [0.25, 0.3) is 0 Å². The topological polar surface area (TPSA) is 29.5 Å². The molecule has 0 spiro atoms. The Bertz CT molecular complexity index is 198. The Hall–Kier alpha value is -0.570. The van der Waals surface area contributed by atoms with Crippen LogP contribution in [0.2, 0.25) is 0 Å². The molecular formula is C12H23NO2. The fraction of sp³-hybridized carbons (Fsp3) is 0.917. The minimum atomic E-state index is -0.0295. The molecule has 0 radical (unpaired) electrons. The lowest BCUT2D eigenvalue weighted by Crippen LogP contribution is -2.38. The zero-order valence-corrected chi connectivity index (χ0v) is 10.2. The molecule has 0 bridgehead atoms. The predicted molar refractivity (Wildman–Crippen MR) is 60.6 cm³/mol. The molecule has 0 amide bonds. The molecule has 15 heavy (non-hydrogen) atoms. The number of hydrogen-bond acceptors (Lipinski definition) is 3. The van der Waals surface area contributed by atoms with Crippen LogP contribution in [0, 0.1) is 11.8 Å². The van der Waals surface area contributed by atoms with E-state index in [0.717, 1.165) is 31.8 Å². The Kier molecular flexibility index (Phi) is 5.09. The van der Waals surface area contributed by atoms with Gasteiger partial charge in [0, 0.05) is 6.54 Å². The largest absolute Gasteiger partial charge is 0.469 e. The van der Waals surface area contributed by atoms with Gasteiger partial charge in [0.15, 0.2) is 0 Å². The Morgan fingerprint density at radius 3 is 2.53 bits per heavy atom. The molecule has 1 aliphatic heterocycles. The summed E-state index contributed by atoms with van der Waals surface area (Å²) < 4.78 is 4.77. The third kappa shape index (κ3) is 3.82. The summed E-state index contributed by atoms with van der Waals surface area (Å²) in [7, 11) is 1.48. The van der Waals surface area contributed by atoms with Gasteiger partial charge in [-0.15, -0.1) is 0 Å². The van der Waals surface area contributed by atoms with Gasteiger partial charge < -0.3 is 9.64 Å². The second kappa shape index (κ2) is 6.11. The SMILES string of the molecule is CCC(C)CN1CCC(C(=O)OC)CC1. The first-order chi connectivity index (χ1) is 7.17. The fourth-order valence-electron chi connectivity index (χ4n) is 2.09. The number of ether oxygens (including phenoxy) is 1. The molecule has 1 saturated heterocycles. The molecule has 0 saturated carbocycles. The fourth-order valence-corrected chi connectivity index (χ4v) is 2.09. The van der Waals surface area contributed by atoms with Crippen molar-refractivity contribution in [2.45, 2.75) is 33.1 Å². The number of esters is 1. The number of hydrogen-bond donors (Lipinski definition) is 0. The van der Waals surface area contributed by atoms with Crippen LogP contribution in [-0.2, 0) is 9.53 Å². The lowest BCUT2D eigenvalue weighted by Gasteiger charge is -2.32. The number of carbonyl (C=O) groups is 1. The third-order valence-electron chi connectivity index (χ3n) is 3.39. The van der Waals surface area contributed by atoms with Crippen LogP contribution in [0.5, 0.6) is 0 Å². The van der Waals surface area contributed by atoms with Crippen LogP contribution >= 0.6 is 0 Å². The smallest absolute Gasteiger partial charge is 0.308 e. The summed E-state index contributed by atoms with van der Waals surface area (Å²) in [6.45, 7) is 7.77. The molecule has 1 heterocycles. The van der Waals surface area contributed by atoms with E-state index < -0.39 is 0 Å². The summed E-state index contributed by atoms with van der Waals surface area (Å²) in [5.41, 5.74) is 0. The quantitative estimate of drug-likeness (QED) is 0.668. The zero-order chi connectivity index (χ0) is 11.3. The molecule has 0 aromatic heterocycles. The highest BCUT2D eigenvalue weighted by Crippen LogP contribution is 2.19. The van der Waals surface area contributed by atoms with Gasteiger partial charge in [-0.2, -0.15) is 0 Å². The summed E-state index contributed by atoms with van der Waals surface area (Å²) in [5.74, 6) is 0.876. The summed E-state index contributed by atoms with van der Waals surface area (Å²) in [5, 5.41) is 0. The van der Waals surface area contributed by atoms with E-state index in [1.807, 2.05) is 0 Å². The molecule has 0 aliphatic carbocycles. The van der Waals surface area contributed by atoms with Crippen molar-refractivity contribution in [1.29, 1.82) is 0 Å². The maximum Gasteiger partial charge on any atom is 0.308 e. The lowest BCUT2D eigenvalue weighted by atomic mass is 9.96. The van der Waals surface area contributed by atoms with Gasteiger partial charge >= 0.3 is 5.97 Å². The third-order valence-corrected chi connectivity index (χ3v) is 3.39. The number of methoxy groups -OCH3 is 1. The van der Waals surface area contributed by atoms with Crippen molar-refractivity contribution in [3.63, 3.8) is 0 Å². The van der Waals surface area contributed by atoms with Gasteiger partial charge in [0.2, 0.25) is 0 Å². The Balaban J connectivity index is 2.26. The molecule has 3 heteroatoms. The van der Waals surface area contributed by atoms with Crippen molar-refractivity contribution in [3.05, 3.63) is 0 Å². The maximum atomic E-state index is 11.3. The average Bonchev–Trinajstić information content (AvgIpc) is 2.29. The van der Waals surface area contributed by atoms with Gasteiger partial charge in [-0.05, 0) is 31.8 Å². The molecule has 0 aromatic carbocycles. The summed E-state index contributed by atoms with van der Waals surface area (Å²) >= 11 is 0. The van der Waals surface area contributed by atoms with Gasteiger partial charge in [0.05, 0.1) is 13.0 Å². The van der Waals surface area contributed by atoms with Gasteiger partial charge in [-0.1, -0.05) is 20.3 Å². The minimum absolute atomic E-state index is 0.0295. The van der Waals surface area contributed by atoms with Crippen molar-refractivity contribution in [1.82, 2.24) is 4.90 Å². The number of likely N-dealkylation sites (tertiary alicyclic amines) is 1. The van der Waals surface area contributed by atoms with Gasteiger partial charge in [0.1, 0.15) is 0 Å². The Morgan fingerprint density at radius 1 is 1.47 bits per heavy atom. The van der Waals surface area contributed by atoms with Crippen LogP contribution in [0.1, 0.15) is 33.1 Å². The van der Waals surface area contributed by atoms with E-state index in [4.69, 9.17) is 4.74 Å². The van der Waals surface area contributed by atoms with Crippen LogP contribution < -0.4 is 0 Å². The summed E-state index contributed by atoms with van der Waals surface area (Å²) in [6, 6.07) is 0. The highest BCUT2D eigenvalue weighted by atomic mass is 16.5. The molecule has 1 aliphatic rings. The molecular weight excluding hydrogens is 190 g/mol. The van der Waals surface area contributed by atoms with Crippen LogP contribution in [0.25, 0.3) is 0 Å². The normalized spacial score (nSPS) is 21.3. The van der Waals surface area contributed by atoms with Crippen molar-refractivity contribution in [3.8, 4) is 0 Å². The van der Waals surface area contributed by atoms with Crippen LogP contribution in [-0.4, -0.2) is 37.6 Å². The second-order valence-corrected chi connectivity index (χ2v) is 4.61. The first-order valence-corrected chi connectivity index (χ1v) is 5.97. The van der Waals surface area contributed by atoms with E-state index in [1.165, 1.54) is 20.1 Å². The zero-order valence-electron chi connectivity index (χ0n) is 10.2. The number of carbonyl (C=O) groups excluding carboxylic acids is 1. The molecule has 1 unspecified atom stereocenters. The van der Waals surface area contributed by atoms with Crippen molar-refractivity contribution >= 4 is 5.97 Å². The van der Waals surface area contributed by atoms with Crippen molar-refractivity contribution in [2.24, 2.45) is 11.8 Å². The van der Waals surface area contributed by atoms with E-state index in [1.54, 1.807) is 0 Å². The van der Waals surface area contributed by atoms with E-state index >= 15 is 0 Å².